The fraction of sp³-hybridized carbons (Fsp3) is 0.611. The minimum atomic E-state index is -0.694. The van der Waals surface area contributed by atoms with Crippen molar-refractivity contribution in [1.82, 2.24) is 9.80 Å². The molecule has 3 fully saturated rings. The second-order valence-corrected chi connectivity index (χ2v) is 6.78. The molecule has 5 heteroatoms. The molecule has 4 rings (SSSR count). The summed E-state index contributed by atoms with van der Waals surface area (Å²) in [6.07, 6.45) is 2.72. The largest absolute Gasteiger partial charge is 0.497 e. The lowest BCUT2D eigenvalue weighted by Crippen LogP contribution is -2.44. The molecule has 3 heterocycles. The van der Waals surface area contributed by atoms with Crippen molar-refractivity contribution in [3.05, 3.63) is 29.8 Å². The summed E-state index contributed by atoms with van der Waals surface area (Å²) in [6, 6.07) is 8.80. The van der Waals surface area contributed by atoms with Gasteiger partial charge >= 0.3 is 5.97 Å². The molecule has 3 saturated heterocycles. The Morgan fingerprint density at radius 1 is 1.22 bits per heavy atom. The maximum absolute atomic E-state index is 10.8. The lowest BCUT2D eigenvalue weighted by atomic mass is 9.95. The maximum Gasteiger partial charge on any atom is 0.304 e. The third-order valence-electron chi connectivity index (χ3n) is 5.08. The summed E-state index contributed by atoms with van der Waals surface area (Å²) in [6.45, 7) is 4.86. The lowest BCUT2D eigenvalue weighted by molar-refractivity contribution is -0.137. The van der Waals surface area contributed by atoms with E-state index in [1.807, 2.05) is 12.1 Å². The van der Waals surface area contributed by atoms with Crippen LogP contribution in [-0.2, 0) is 11.3 Å². The van der Waals surface area contributed by atoms with Crippen molar-refractivity contribution in [3.63, 3.8) is 0 Å². The molecule has 0 aromatic heterocycles. The van der Waals surface area contributed by atoms with Gasteiger partial charge in [0.05, 0.1) is 13.5 Å². The van der Waals surface area contributed by atoms with E-state index in [0.717, 1.165) is 31.9 Å². The molecule has 2 bridgehead atoms. The van der Waals surface area contributed by atoms with Crippen LogP contribution < -0.4 is 4.74 Å². The van der Waals surface area contributed by atoms with Crippen molar-refractivity contribution >= 4 is 5.97 Å². The topological polar surface area (TPSA) is 53.0 Å². The zero-order valence-corrected chi connectivity index (χ0v) is 13.8. The number of ether oxygens (including phenoxy) is 1. The van der Waals surface area contributed by atoms with Crippen LogP contribution >= 0.6 is 0 Å². The molecule has 2 atom stereocenters. The van der Waals surface area contributed by atoms with Crippen LogP contribution in [0.1, 0.15) is 24.8 Å². The molecule has 23 heavy (non-hydrogen) atoms. The van der Waals surface area contributed by atoms with Gasteiger partial charge in [-0.05, 0) is 36.5 Å². The zero-order valence-electron chi connectivity index (χ0n) is 13.8. The van der Waals surface area contributed by atoms with Gasteiger partial charge in [0.25, 0.3) is 0 Å². The molecule has 0 amide bonds. The Balaban J connectivity index is 1.60. The van der Waals surface area contributed by atoms with Gasteiger partial charge in [0, 0.05) is 38.8 Å². The van der Waals surface area contributed by atoms with E-state index >= 15 is 0 Å². The predicted octanol–water partition coefficient (Wildman–Crippen LogP) is 2.07. The molecule has 3 aliphatic heterocycles. The highest BCUT2D eigenvalue weighted by Gasteiger charge is 2.34. The summed E-state index contributed by atoms with van der Waals surface area (Å²) < 4.78 is 5.22. The van der Waals surface area contributed by atoms with Crippen LogP contribution in [0.15, 0.2) is 24.3 Å². The Morgan fingerprint density at radius 3 is 2.70 bits per heavy atom. The minimum absolute atomic E-state index is 0.252. The zero-order chi connectivity index (χ0) is 16.2. The summed E-state index contributed by atoms with van der Waals surface area (Å²) in [5.74, 6) is 0.866. The number of carboxylic acids is 1. The van der Waals surface area contributed by atoms with Gasteiger partial charge in [0.2, 0.25) is 0 Å². The first-order valence-corrected chi connectivity index (χ1v) is 8.45. The Morgan fingerprint density at radius 2 is 2.00 bits per heavy atom. The van der Waals surface area contributed by atoms with Crippen molar-refractivity contribution in [1.29, 1.82) is 0 Å². The number of methoxy groups -OCH3 is 1. The van der Waals surface area contributed by atoms with E-state index in [-0.39, 0.29) is 6.42 Å². The van der Waals surface area contributed by atoms with Gasteiger partial charge in [-0.25, -0.2) is 0 Å². The van der Waals surface area contributed by atoms with Crippen LogP contribution in [0.4, 0.5) is 0 Å². The van der Waals surface area contributed by atoms with E-state index in [9.17, 15) is 4.79 Å². The standard InChI is InChI=1S/C18H26N2O3/c1-23-17-6-3-14(4-7-17)10-19-11-15-2-5-16(13-19)20(12-15)9-8-18(21)22/h3-4,6-7,15-16H,2,5,8-13H2,1H3,(H,21,22)/t15-,16+/m1/s1. The fourth-order valence-corrected chi connectivity index (χ4v) is 3.91. The molecular weight excluding hydrogens is 292 g/mol. The van der Waals surface area contributed by atoms with Gasteiger partial charge in [-0.15, -0.1) is 0 Å². The normalized spacial score (nSPS) is 25.3. The number of aliphatic carboxylic acids is 1. The second-order valence-electron chi connectivity index (χ2n) is 6.78. The van der Waals surface area contributed by atoms with Crippen LogP contribution in [0, 0.1) is 5.92 Å². The quantitative estimate of drug-likeness (QED) is 0.870. The average molecular weight is 318 g/mol. The van der Waals surface area contributed by atoms with Gasteiger partial charge in [0.15, 0.2) is 0 Å². The first kappa shape index (κ1) is 16.3. The lowest BCUT2D eigenvalue weighted by Gasteiger charge is -2.35. The molecule has 1 aromatic rings. The molecule has 126 valence electrons. The van der Waals surface area contributed by atoms with Crippen LogP contribution in [0.5, 0.6) is 5.75 Å². The molecule has 0 unspecified atom stereocenters. The van der Waals surface area contributed by atoms with E-state index < -0.39 is 5.97 Å². The Hall–Kier alpha value is -1.59. The highest BCUT2D eigenvalue weighted by atomic mass is 16.5. The first-order valence-electron chi connectivity index (χ1n) is 8.45. The van der Waals surface area contributed by atoms with Crippen LogP contribution in [-0.4, -0.2) is 60.2 Å². The third kappa shape index (κ3) is 4.24. The highest BCUT2D eigenvalue weighted by molar-refractivity contribution is 5.66. The van der Waals surface area contributed by atoms with Crippen molar-refractivity contribution < 1.29 is 14.6 Å². The van der Waals surface area contributed by atoms with Gasteiger partial charge in [0.1, 0.15) is 5.75 Å². The number of hydrogen-bond donors (Lipinski definition) is 1. The summed E-state index contributed by atoms with van der Waals surface area (Å²) in [7, 11) is 1.69. The van der Waals surface area contributed by atoms with Gasteiger partial charge in [-0.2, -0.15) is 0 Å². The summed E-state index contributed by atoms with van der Waals surface area (Å²) >= 11 is 0. The second kappa shape index (κ2) is 7.32. The average Bonchev–Trinajstić information content (AvgIpc) is 2.84. The summed E-state index contributed by atoms with van der Waals surface area (Å²) in [5, 5.41) is 8.93. The number of hydrogen-bond acceptors (Lipinski definition) is 4. The Bertz CT molecular complexity index is 532. The first-order chi connectivity index (χ1) is 11.1. The van der Waals surface area contributed by atoms with Crippen molar-refractivity contribution in [2.24, 2.45) is 5.92 Å². The SMILES string of the molecule is COc1ccc(CN2C[C@H]3CC[C@@H](C2)N(CCC(=O)O)C3)cc1. The van der Waals surface area contributed by atoms with E-state index in [1.54, 1.807) is 7.11 Å². The molecule has 0 aliphatic carbocycles. The monoisotopic (exact) mass is 318 g/mol. The number of nitrogens with zero attached hydrogens (tertiary/aromatic N) is 2. The molecule has 3 aliphatic rings. The van der Waals surface area contributed by atoms with Crippen molar-refractivity contribution in [3.8, 4) is 5.75 Å². The summed E-state index contributed by atoms with van der Waals surface area (Å²) in [5.41, 5.74) is 1.31. The van der Waals surface area contributed by atoms with Crippen LogP contribution in [0.25, 0.3) is 0 Å². The molecular formula is C18H26N2O3. The van der Waals surface area contributed by atoms with Gasteiger partial charge in [-0.1, -0.05) is 12.1 Å². The number of rotatable bonds is 6. The third-order valence-corrected chi connectivity index (χ3v) is 5.08. The fourth-order valence-electron chi connectivity index (χ4n) is 3.91. The van der Waals surface area contributed by atoms with Crippen LogP contribution in [0.2, 0.25) is 0 Å². The van der Waals surface area contributed by atoms with Crippen molar-refractivity contribution in [2.45, 2.75) is 31.8 Å². The molecule has 5 nitrogen and oxygen atoms in total. The predicted molar refractivity (Wildman–Crippen MR) is 88.6 cm³/mol. The smallest absolute Gasteiger partial charge is 0.304 e. The number of fused-ring (bicyclic) bond motifs is 4. The number of benzene rings is 1. The van der Waals surface area contributed by atoms with E-state index in [1.165, 1.54) is 18.4 Å². The van der Waals surface area contributed by atoms with Crippen LogP contribution in [0.3, 0.4) is 0 Å². The molecule has 1 N–H and O–H groups in total. The Kier molecular flexibility index (Phi) is 5.18. The molecule has 1 aromatic carbocycles. The van der Waals surface area contributed by atoms with Gasteiger partial charge < -0.3 is 9.84 Å². The number of piperidine rings is 1. The van der Waals surface area contributed by atoms with Crippen molar-refractivity contribution in [2.75, 3.05) is 33.3 Å². The van der Waals surface area contributed by atoms with E-state index in [0.29, 0.717) is 18.5 Å². The van der Waals surface area contributed by atoms with Gasteiger partial charge in [-0.3, -0.25) is 14.6 Å². The summed E-state index contributed by atoms with van der Waals surface area (Å²) in [4.78, 5) is 15.8. The highest BCUT2D eigenvalue weighted by Crippen LogP contribution is 2.29. The van der Waals surface area contributed by atoms with E-state index in [4.69, 9.17) is 9.84 Å². The number of carbonyl (C=O) groups is 1. The molecule has 0 radical (unpaired) electrons. The number of carboxylic acid groups (broad SMARTS) is 1. The molecule has 0 spiro atoms. The van der Waals surface area contributed by atoms with E-state index in [2.05, 4.69) is 21.9 Å². The Labute approximate surface area is 137 Å². The maximum atomic E-state index is 10.8. The minimum Gasteiger partial charge on any atom is -0.497 e. The molecule has 0 saturated carbocycles.